The maximum absolute atomic E-state index is 11.6. The lowest BCUT2D eigenvalue weighted by atomic mass is 10.1. The maximum atomic E-state index is 11.6. The molecule has 1 aliphatic heterocycles. The zero-order chi connectivity index (χ0) is 12.6. The molecule has 0 saturated carbocycles. The van der Waals surface area contributed by atoms with Gasteiger partial charge in [-0.3, -0.25) is 4.79 Å². The van der Waals surface area contributed by atoms with Crippen LogP contribution in [0.5, 0.6) is 0 Å². The maximum Gasteiger partial charge on any atom is 0.246 e. The van der Waals surface area contributed by atoms with E-state index in [4.69, 9.17) is 4.74 Å². The van der Waals surface area contributed by atoms with Crippen LogP contribution in [0, 0.1) is 0 Å². The molecule has 0 bridgehead atoms. The Hall–Kier alpha value is -1.39. The van der Waals surface area contributed by atoms with Gasteiger partial charge in [0.25, 0.3) is 0 Å². The summed E-state index contributed by atoms with van der Waals surface area (Å²) < 4.78 is 5.39. The number of piperidine rings is 1. The van der Waals surface area contributed by atoms with Gasteiger partial charge in [-0.25, -0.2) is 0 Å². The van der Waals surface area contributed by atoms with Crippen molar-refractivity contribution < 1.29 is 9.53 Å². The van der Waals surface area contributed by atoms with Crippen LogP contribution in [-0.4, -0.2) is 31.6 Å². The van der Waals surface area contributed by atoms with Crippen LogP contribution in [0.2, 0.25) is 0 Å². The Kier molecular flexibility index (Phi) is 5.17. The Morgan fingerprint density at radius 1 is 1.39 bits per heavy atom. The van der Waals surface area contributed by atoms with Crippen molar-refractivity contribution in [2.75, 3.05) is 19.7 Å². The van der Waals surface area contributed by atoms with Crippen molar-refractivity contribution in [1.29, 1.82) is 0 Å². The molecule has 18 heavy (non-hydrogen) atoms. The summed E-state index contributed by atoms with van der Waals surface area (Å²) in [5, 5.41) is 6.25. The van der Waals surface area contributed by atoms with Crippen molar-refractivity contribution in [3.8, 4) is 0 Å². The summed E-state index contributed by atoms with van der Waals surface area (Å²) in [6, 6.07) is 10.1. The molecule has 1 fully saturated rings. The SMILES string of the molecule is O=C(COCc1ccccc1)N[C@H]1CCCNC1. The molecule has 0 aliphatic carbocycles. The monoisotopic (exact) mass is 248 g/mol. The van der Waals surface area contributed by atoms with Crippen LogP contribution in [0.4, 0.5) is 0 Å². The fraction of sp³-hybridized carbons (Fsp3) is 0.500. The third-order valence-corrected chi connectivity index (χ3v) is 3.01. The average Bonchev–Trinajstić information content (AvgIpc) is 2.41. The minimum Gasteiger partial charge on any atom is -0.367 e. The lowest BCUT2D eigenvalue weighted by molar-refractivity contribution is -0.126. The summed E-state index contributed by atoms with van der Waals surface area (Å²) in [4.78, 5) is 11.6. The number of nitrogens with one attached hydrogen (secondary N) is 2. The second-order valence-electron chi connectivity index (χ2n) is 4.59. The van der Waals surface area contributed by atoms with Gasteiger partial charge in [0.2, 0.25) is 5.91 Å². The van der Waals surface area contributed by atoms with Gasteiger partial charge < -0.3 is 15.4 Å². The first kappa shape index (κ1) is 13.1. The van der Waals surface area contributed by atoms with Crippen molar-refractivity contribution in [1.82, 2.24) is 10.6 Å². The van der Waals surface area contributed by atoms with Crippen LogP contribution in [0.1, 0.15) is 18.4 Å². The molecule has 0 aromatic heterocycles. The molecule has 0 spiro atoms. The van der Waals surface area contributed by atoms with Gasteiger partial charge in [0.1, 0.15) is 6.61 Å². The molecule has 0 unspecified atom stereocenters. The highest BCUT2D eigenvalue weighted by Crippen LogP contribution is 2.02. The number of benzene rings is 1. The summed E-state index contributed by atoms with van der Waals surface area (Å²) in [6.07, 6.45) is 2.17. The zero-order valence-corrected chi connectivity index (χ0v) is 10.5. The molecular weight excluding hydrogens is 228 g/mol. The minimum atomic E-state index is -0.0281. The Labute approximate surface area is 108 Å². The highest BCUT2D eigenvalue weighted by atomic mass is 16.5. The number of carbonyl (C=O) groups is 1. The van der Waals surface area contributed by atoms with Gasteiger partial charge in [0, 0.05) is 12.6 Å². The van der Waals surface area contributed by atoms with E-state index >= 15 is 0 Å². The molecule has 1 aromatic rings. The molecule has 4 heteroatoms. The van der Waals surface area contributed by atoms with E-state index in [9.17, 15) is 4.79 Å². The molecule has 1 heterocycles. The van der Waals surface area contributed by atoms with Gasteiger partial charge in [0.15, 0.2) is 0 Å². The van der Waals surface area contributed by atoms with Crippen LogP contribution in [0.15, 0.2) is 30.3 Å². The highest BCUT2D eigenvalue weighted by Gasteiger charge is 2.14. The van der Waals surface area contributed by atoms with E-state index in [1.54, 1.807) is 0 Å². The Balaban J connectivity index is 1.62. The van der Waals surface area contributed by atoms with E-state index in [1.807, 2.05) is 30.3 Å². The smallest absolute Gasteiger partial charge is 0.246 e. The molecular formula is C14H20N2O2. The topological polar surface area (TPSA) is 50.4 Å². The van der Waals surface area contributed by atoms with Gasteiger partial charge >= 0.3 is 0 Å². The van der Waals surface area contributed by atoms with Gasteiger partial charge in [-0.15, -0.1) is 0 Å². The van der Waals surface area contributed by atoms with Crippen molar-refractivity contribution in [2.45, 2.75) is 25.5 Å². The first-order valence-electron chi connectivity index (χ1n) is 6.46. The van der Waals surface area contributed by atoms with E-state index in [-0.39, 0.29) is 18.6 Å². The Bertz CT molecular complexity index is 361. The fourth-order valence-electron chi connectivity index (χ4n) is 2.08. The predicted molar refractivity (Wildman–Crippen MR) is 70.1 cm³/mol. The zero-order valence-electron chi connectivity index (χ0n) is 10.5. The van der Waals surface area contributed by atoms with Crippen LogP contribution in [-0.2, 0) is 16.1 Å². The summed E-state index contributed by atoms with van der Waals surface area (Å²) >= 11 is 0. The fourth-order valence-corrected chi connectivity index (χ4v) is 2.08. The van der Waals surface area contributed by atoms with Crippen LogP contribution in [0.3, 0.4) is 0 Å². The first-order chi connectivity index (χ1) is 8.84. The molecule has 1 atom stereocenters. The van der Waals surface area contributed by atoms with E-state index < -0.39 is 0 Å². The normalized spacial score (nSPS) is 19.4. The number of hydrogen-bond donors (Lipinski definition) is 2. The van der Waals surface area contributed by atoms with E-state index in [1.165, 1.54) is 0 Å². The molecule has 98 valence electrons. The van der Waals surface area contributed by atoms with Crippen molar-refractivity contribution in [2.24, 2.45) is 0 Å². The van der Waals surface area contributed by atoms with Gasteiger partial charge in [-0.2, -0.15) is 0 Å². The minimum absolute atomic E-state index is 0.0281. The molecule has 1 amide bonds. The second kappa shape index (κ2) is 7.13. The Morgan fingerprint density at radius 3 is 2.94 bits per heavy atom. The number of amides is 1. The van der Waals surface area contributed by atoms with Gasteiger partial charge in [-0.05, 0) is 24.9 Å². The number of hydrogen-bond acceptors (Lipinski definition) is 3. The molecule has 4 nitrogen and oxygen atoms in total. The van der Waals surface area contributed by atoms with Crippen molar-refractivity contribution in [3.63, 3.8) is 0 Å². The van der Waals surface area contributed by atoms with E-state index in [0.717, 1.165) is 31.5 Å². The summed E-state index contributed by atoms with van der Waals surface area (Å²) in [5.41, 5.74) is 1.09. The number of ether oxygens (including phenoxy) is 1. The quantitative estimate of drug-likeness (QED) is 0.819. The third-order valence-electron chi connectivity index (χ3n) is 3.01. The molecule has 2 rings (SSSR count). The van der Waals surface area contributed by atoms with Crippen LogP contribution in [0.25, 0.3) is 0 Å². The molecule has 1 saturated heterocycles. The van der Waals surface area contributed by atoms with Crippen LogP contribution < -0.4 is 10.6 Å². The largest absolute Gasteiger partial charge is 0.367 e. The molecule has 1 aromatic carbocycles. The number of carbonyl (C=O) groups excluding carboxylic acids is 1. The molecule has 1 aliphatic rings. The van der Waals surface area contributed by atoms with E-state index in [2.05, 4.69) is 10.6 Å². The lowest BCUT2D eigenvalue weighted by Crippen LogP contribution is -2.46. The van der Waals surface area contributed by atoms with Crippen LogP contribution >= 0.6 is 0 Å². The predicted octanol–water partition coefficient (Wildman–Crippen LogP) is 1.07. The Morgan fingerprint density at radius 2 is 2.22 bits per heavy atom. The van der Waals surface area contributed by atoms with Gasteiger partial charge in [-0.1, -0.05) is 30.3 Å². The summed E-state index contributed by atoms with van der Waals surface area (Å²) in [7, 11) is 0. The highest BCUT2D eigenvalue weighted by molar-refractivity contribution is 5.77. The lowest BCUT2D eigenvalue weighted by Gasteiger charge is -2.23. The van der Waals surface area contributed by atoms with Gasteiger partial charge in [0.05, 0.1) is 6.61 Å². The van der Waals surface area contributed by atoms with E-state index in [0.29, 0.717) is 6.61 Å². The molecule has 2 N–H and O–H groups in total. The standard InChI is InChI=1S/C14H20N2O2/c17-14(16-13-7-4-8-15-9-13)11-18-10-12-5-2-1-3-6-12/h1-3,5-6,13,15H,4,7-11H2,(H,16,17)/t13-/m0/s1. The summed E-state index contributed by atoms with van der Waals surface area (Å²) in [6.45, 7) is 2.53. The second-order valence-corrected chi connectivity index (χ2v) is 4.59. The summed E-state index contributed by atoms with van der Waals surface area (Å²) in [5.74, 6) is -0.0281. The number of rotatable bonds is 5. The first-order valence-corrected chi connectivity index (χ1v) is 6.46. The van der Waals surface area contributed by atoms with Crippen molar-refractivity contribution >= 4 is 5.91 Å². The average molecular weight is 248 g/mol. The molecule has 0 radical (unpaired) electrons. The third kappa shape index (κ3) is 4.47. The van der Waals surface area contributed by atoms with Crippen molar-refractivity contribution in [3.05, 3.63) is 35.9 Å².